The summed E-state index contributed by atoms with van der Waals surface area (Å²) in [5.41, 5.74) is 4.79. The number of nitriles is 1. The van der Waals surface area contributed by atoms with Gasteiger partial charge in [0.2, 0.25) is 5.91 Å². The second-order valence-corrected chi connectivity index (χ2v) is 9.51. The topological polar surface area (TPSA) is 96.0 Å². The number of carbonyl (C=O) groups excluding carboxylic acids is 1. The summed E-state index contributed by atoms with van der Waals surface area (Å²) in [6, 6.07) is 6.31. The maximum absolute atomic E-state index is 12.4. The minimum Gasteiger partial charge on any atom is -0.356 e. The number of carbonyl (C=O) groups is 1. The van der Waals surface area contributed by atoms with Crippen molar-refractivity contribution in [3.63, 3.8) is 0 Å². The maximum Gasteiger partial charge on any atom is 0.220 e. The molecule has 0 radical (unpaired) electrons. The molecule has 0 aromatic carbocycles. The Morgan fingerprint density at radius 2 is 2.06 bits per heavy atom. The van der Waals surface area contributed by atoms with Crippen LogP contribution in [0.2, 0.25) is 0 Å². The number of rotatable bonds is 7. The average Bonchev–Trinajstić information content (AvgIpc) is 3.47. The highest BCUT2D eigenvalue weighted by atomic mass is 32.1. The molecule has 0 fully saturated rings. The molecular weight excluding hydrogens is 428 g/mol. The van der Waals surface area contributed by atoms with Gasteiger partial charge in [-0.3, -0.25) is 4.79 Å². The lowest BCUT2D eigenvalue weighted by Gasteiger charge is -2.11. The monoisotopic (exact) mass is 450 g/mol. The van der Waals surface area contributed by atoms with Crippen molar-refractivity contribution in [1.82, 2.24) is 24.9 Å². The Labute approximate surface area is 188 Å². The summed E-state index contributed by atoms with van der Waals surface area (Å²) in [7, 11) is 0. The smallest absolute Gasteiger partial charge is 0.220 e. The van der Waals surface area contributed by atoms with Crippen LogP contribution in [0.15, 0.2) is 23.7 Å². The number of amides is 1. The van der Waals surface area contributed by atoms with Gasteiger partial charge in [-0.1, -0.05) is 0 Å². The lowest BCUT2D eigenvalue weighted by Crippen LogP contribution is -2.26. The quantitative estimate of drug-likeness (QED) is 0.459. The molecule has 1 amide bonds. The number of aromatic nitrogens is 4. The Morgan fingerprint density at radius 3 is 2.81 bits per heavy atom. The van der Waals surface area contributed by atoms with Crippen LogP contribution in [0.25, 0.3) is 16.2 Å². The van der Waals surface area contributed by atoms with Crippen molar-refractivity contribution in [1.29, 1.82) is 5.26 Å². The molecule has 4 aromatic rings. The third-order valence-corrected chi connectivity index (χ3v) is 7.10. The second-order valence-electron chi connectivity index (χ2n) is 7.28. The van der Waals surface area contributed by atoms with Crippen molar-refractivity contribution < 1.29 is 4.79 Å². The van der Waals surface area contributed by atoms with Crippen molar-refractivity contribution in [2.75, 3.05) is 6.54 Å². The summed E-state index contributed by atoms with van der Waals surface area (Å²) in [4.78, 5) is 23.8. The summed E-state index contributed by atoms with van der Waals surface area (Å²) >= 11 is 3.38. The van der Waals surface area contributed by atoms with E-state index >= 15 is 0 Å². The van der Waals surface area contributed by atoms with Gasteiger partial charge in [0.25, 0.3) is 0 Å². The third kappa shape index (κ3) is 4.50. The van der Waals surface area contributed by atoms with Gasteiger partial charge >= 0.3 is 0 Å². The number of thiophene rings is 1. The molecule has 0 saturated heterocycles. The van der Waals surface area contributed by atoms with E-state index in [2.05, 4.69) is 44.0 Å². The lowest BCUT2D eigenvalue weighted by atomic mass is 10.1. The standard InChI is InChI=1S/C22H22N6OS2/c1-13-18(14(2)28-22(26-13)16(10-23)11-25-28)5-7-21(29)24-9-8-17-4-6-20(31-17)19-12-30-15(3)27-19/h4,6,11-12H,5,7-9H2,1-3H3,(H,24,29). The molecule has 7 nitrogen and oxygen atoms in total. The first-order valence-corrected chi connectivity index (χ1v) is 11.7. The molecule has 4 aromatic heterocycles. The number of thiazole rings is 1. The van der Waals surface area contributed by atoms with Gasteiger partial charge in [0.05, 0.1) is 21.8 Å². The molecule has 0 unspecified atom stereocenters. The molecule has 0 bridgehead atoms. The predicted octanol–water partition coefficient (Wildman–Crippen LogP) is 4.00. The minimum atomic E-state index is 0.0176. The van der Waals surface area contributed by atoms with Crippen molar-refractivity contribution in [2.24, 2.45) is 0 Å². The Morgan fingerprint density at radius 1 is 1.23 bits per heavy atom. The second kappa shape index (κ2) is 8.96. The molecule has 31 heavy (non-hydrogen) atoms. The van der Waals surface area contributed by atoms with Crippen molar-refractivity contribution in [2.45, 2.75) is 40.0 Å². The Kier molecular flexibility index (Phi) is 6.11. The zero-order chi connectivity index (χ0) is 22.0. The highest BCUT2D eigenvalue weighted by Gasteiger charge is 2.15. The Bertz CT molecular complexity index is 1290. The zero-order valence-corrected chi connectivity index (χ0v) is 19.2. The molecule has 4 heterocycles. The van der Waals surface area contributed by atoms with Crippen molar-refractivity contribution in [3.8, 4) is 16.6 Å². The summed E-state index contributed by atoms with van der Waals surface area (Å²) in [6.45, 7) is 6.47. The summed E-state index contributed by atoms with van der Waals surface area (Å²) in [5, 5.41) is 19.6. The summed E-state index contributed by atoms with van der Waals surface area (Å²) < 4.78 is 1.68. The van der Waals surface area contributed by atoms with Crippen LogP contribution in [0.1, 0.15) is 38.8 Å². The van der Waals surface area contributed by atoms with Crippen LogP contribution in [0.3, 0.4) is 0 Å². The number of fused-ring (bicyclic) bond motifs is 1. The molecular formula is C22H22N6OS2. The minimum absolute atomic E-state index is 0.0176. The maximum atomic E-state index is 12.4. The molecule has 0 spiro atoms. The van der Waals surface area contributed by atoms with E-state index in [9.17, 15) is 10.1 Å². The normalized spacial score (nSPS) is 11.0. The third-order valence-electron chi connectivity index (χ3n) is 5.16. The van der Waals surface area contributed by atoms with E-state index in [1.807, 2.05) is 20.8 Å². The first kappa shape index (κ1) is 21.2. The van der Waals surface area contributed by atoms with Gasteiger partial charge in [0.15, 0.2) is 5.65 Å². The van der Waals surface area contributed by atoms with Crippen LogP contribution in [-0.4, -0.2) is 32.0 Å². The first-order chi connectivity index (χ1) is 15.0. The molecule has 0 aliphatic heterocycles. The van der Waals surface area contributed by atoms with E-state index in [-0.39, 0.29) is 5.91 Å². The SMILES string of the molecule is Cc1nc(-c2ccc(CCNC(=O)CCc3c(C)nc4c(C#N)cnn4c3C)s2)cs1. The van der Waals surface area contributed by atoms with Gasteiger partial charge < -0.3 is 5.32 Å². The van der Waals surface area contributed by atoms with Crippen LogP contribution in [0.4, 0.5) is 0 Å². The molecule has 158 valence electrons. The van der Waals surface area contributed by atoms with Crippen LogP contribution in [0, 0.1) is 32.1 Å². The molecule has 4 rings (SSSR count). The van der Waals surface area contributed by atoms with Crippen molar-refractivity contribution in [3.05, 3.63) is 56.1 Å². The number of nitrogens with one attached hydrogen (secondary N) is 1. The van der Waals surface area contributed by atoms with Gasteiger partial charge in [-0.2, -0.15) is 10.4 Å². The van der Waals surface area contributed by atoms with E-state index in [1.54, 1.807) is 27.2 Å². The van der Waals surface area contributed by atoms with E-state index < -0.39 is 0 Å². The van der Waals surface area contributed by atoms with Crippen LogP contribution in [0.5, 0.6) is 0 Å². The van der Waals surface area contributed by atoms with Gasteiger partial charge in [-0.15, -0.1) is 22.7 Å². The van der Waals surface area contributed by atoms with Crippen LogP contribution < -0.4 is 5.32 Å². The molecule has 0 aliphatic rings. The molecule has 0 aliphatic carbocycles. The number of aryl methyl sites for hydroxylation is 3. The molecule has 9 heteroatoms. The van der Waals surface area contributed by atoms with Gasteiger partial charge in [0.1, 0.15) is 11.6 Å². The summed E-state index contributed by atoms with van der Waals surface area (Å²) in [6.07, 6.45) is 3.29. The van der Waals surface area contributed by atoms with E-state index in [1.165, 1.54) is 11.1 Å². The highest BCUT2D eigenvalue weighted by Crippen LogP contribution is 2.29. The first-order valence-electron chi connectivity index (χ1n) is 9.98. The fourth-order valence-corrected chi connectivity index (χ4v) is 5.19. The lowest BCUT2D eigenvalue weighted by molar-refractivity contribution is -0.121. The van der Waals surface area contributed by atoms with Crippen molar-refractivity contribution >= 4 is 34.2 Å². The van der Waals surface area contributed by atoms with E-state index in [0.29, 0.717) is 30.6 Å². The fourth-order valence-electron chi connectivity index (χ4n) is 3.53. The molecule has 0 atom stereocenters. The average molecular weight is 451 g/mol. The number of hydrogen-bond donors (Lipinski definition) is 1. The predicted molar refractivity (Wildman–Crippen MR) is 122 cm³/mol. The highest BCUT2D eigenvalue weighted by molar-refractivity contribution is 7.16. The van der Waals surface area contributed by atoms with E-state index in [4.69, 9.17) is 0 Å². The van der Waals surface area contributed by atoms with Gasteiger partial charge in [-0.05, 0) is 51.3 Å². The molecule has 0 saturated carbocycles. The zero-order valence-electron chi connectivity index (χ0n) is 17.6. The number of nitrogens with zero attached hydrogens (tertiary/aromatic N) is 5. The van der Waals surface area contributed by atoms with E-state index in [0.717, 1.165) is 39.0 Å². The largest absolute Gasteiger partial charge is 0.356 e. The molecule has 1 N–H and O–H groups in total. The Hall–Kier alpha value is -3.09. The van der Waals surface area contributed by atoms with Crippen LogP contribution in [-0.2, 0) is 17.6 Å². The summed E-state index contributed by atoms with van der Waals surface area (Å²) in [5.74, 6) is 0.0176. The number of hydrogen-bond acceptors (Lipinski definition) is 7. The fraction of sp³-hybridized carbons (Fsp3) is 0.318. The van der Waals surface area contributed by atoms with Gasteiger partial charge in [0, 0.05) is 34.6 Å². The van der Waals surface area contributed by atoms with Gasteiger partial charge in [-0.25, -0.2) is 14.5 Å². The van der Waals surface area contributed by atoms with Crippen LogP contribution >= 0.6 is 22.7 Å². The Balaban J connectivity index is 1.31.